The molecule has 1 aromatic carbocycles. The molecule has 0 fully saturated rings. The van der Waals surface area contributed by atoms with Crippen LogP contribution in [0.25, 0.3) is 0 Å². The fraction of sp³-hybridized carbons (Fsp3) is 0.500. The van der Waals surface area contributed by atoms with Gasteiger partial charge in [0, 0.05) is 29.7 Å². The van der Waals surface area contributed by atoms with E-state index in [0.717, 1.165) is 31.5 Å². The third-order valence-corrected chi connectivity index (χ3v) is 3.57. The number of aliphatic imine (C=N–C) groups is 1. The summed E-state index contributed by atoms with van der Waals surface area (Å²) in [5.74, 6) is 0.618. The molecule has 1 rings (SSSR count). The summed E-state index contributed by atoms with van der Waals surface area (Å²) in [7, 11) is 0. The molecule has 5 heteroatoms. The third kappa shape index (κ3) is 5.29. The first-order chi connectivity index (χ1) is 9.08. The molecule has 0 saturated heterocycles. The molecule has 0 aliphatic heterocycles. The largest absolute Gasteiger partial charge is 0.370 e. The van der Waals surface area contributed by atoms with Crippen molar-refractivity contribution in [3.8, 4) is 0 Å². The Balaban J connectivity index is 2.44. The lowest BCUT2D eigenvalue weighted by Gasteiger charge is -2.19. The molecule has 0 saturated carbocycles. The van der Waals surface area contributed by atoms with Gasteiger partial charge < -0.3 is 10.6 Å². The monoisotopic (exact) mass is 301 g/mol. The molecule has 0 bridgehead atoms. The molecule has 0 spiro atoms. The fourth-order valence-corrected chi connectivity index (χ4v) is 2.34. The Morgan fingerprint density at radius 3 is 2.53 bits per heavy atom. The van der Waals surface area contributed by atoms with Gasteiger partial charge in [0.1, 0.15) is 0 Å². The number of rotatable bonds is 6. The van der Waals surface area contributed by atoms with Crippen molar-refractivity contribution < 1.29 is 0 Å². The Morgan fingerprint density at radius 1 is 1.26 bits per heavy atom. The topological polar surface area (TPSA) is 41.6 Å². The van der Waals surface area contributed by atoms with Gasteiger partial charge in [0.05, 0.1) is 0 Å². The van der Waals surface area contributed by atoms with Crippen molar-refractivity contribution in [3.05, 3.63) is 33.8 Å². The van der Waals surface area contributed by atoms with E-state index < -0.39 is 0 Å². The summed E-state index contributed by atoms with van der Waals surface area (Å²) in [4.78, 5) is 6.42. The quantitative estimate of drug-likeness (QED) is 0.496. The Hall–Kier alpha value is -0.930. The molecule has 1 aromatic rings. The second-order valence-corrected chi connectivity index (χ2v) is 5.10. The second kappa shape index (κ2) is 8.28. The van der Waals surface area contributed by atoms with Gasteiger partial charge in [-0.15, -0.1) is 0 Å². The predicted molar refractivity (Wildman–Crippen MR) is 84.2 cm³/mol. The zero-order valence-electron chi connectivity index (χ0n) is 11.5. The van der Waals surface area contributed by atoms with E-state index in [1.807, 2.05) is 17.0 Å². The number of hydrogen-bond donors (Lipinski definition) is 1. The van der Waals surface area contributed by atoms with Crippen molar-refractivity contribution in [1.82, 2.24) is 4.90 Å². The summed E-state index contributed by atoms with van der Waals surface area (Å²) < 4.78 is 0. The van der Waals surface area contributed by atoms with Gasteiger partial charge in [-0.2, -0.15) is 0 Å². The maximum absolute atomic E-state index is 6.11. The van der Waals surface area contributed by atoms with Crippen LogP contribution in [0.2, 0.25) is 10.0 Å². The van der Waals surface area contributed by atoms with Gasteiger partial charge >= 0.3 is 0 Å². The first kappa shape index (κ1) is 16.1. The molecule has 0 radical (unpaired) electrons. The van der Waals surface area contributed by atoms with Gasteiger partial charge in [0.15, 0.2) is 5.96 Å². The van der Waals surface area contributed by atoms with Gasteiger partial charge in [-0.1, -0.05) is 29.3 Å². The summed E-state index contributed by atoms with van der Waals surface area (Å²) in [6.45, 7) is 6.61. The van der Waals surface area contributed by atoms with E-state index in [1.54, 1.807) is 6.07 Å². The average molecular weight is 302 g/mol. The molecule has 0 aromatic heterocycles. The van der Waals surface area contributed by atoms with Gasteiger partial charge in [-0.05, 0) is 44.4 Å². The predicted octanol–water partition coefficient (Wildman–Crippen LogP) is 3.58. The lowest BCUT2D eigenvalue weighted by atomic mass is 10.1. The zero-order valence-corrected chi connectivity index (χ0v) is 13.0. The zero-order chi connectivity index (χ0) is 14.3. The van der Waals surface area contributed by atoms with Crippen LogP contribution in [0.3, 0.4) is 0 Å². The first-order valence-electron chi connectivity index (χ1n) is 6.57. The third-order valence-electron chi connectivity index (χ3n) is 2.98. The highest BCUT2D eigenvalue weighted by atomic mass is 35.5. The standard InChI is InChI=1S/C14H21Cl2N3/c1-3-19(4-2)14(17)18-9-5-6-11-7-8-12(15)10-13(11)16/h7-8,10H,3-6,9H2,1-2H3,(H2,17,18). The van der Waals surface area contributed by atoms with Crippen LogP contribution in [-0.4, -0.2) is 30.5 Å². The first-order valence-corrected chi connectivity index (χ1v) is 7.32. The van der Waals surface area contributed by atoms with Crippen molar-refractivity contribution in [2.75, 3.05) is 19.6 Å². The van der Waals surface area contributed by atoms with Crippen molar-refractivity contribution in [2.45, 2.75) is 26.7 Å². The number of aryl methyl sites for hydroxylation is 1. The van der Waals surface area contributed by atoms with Gasteiger partial charge in [0.25, 0.3) is 0 Å². The number of benzene rings is 1. The number of guanidine groups is 1. The number of nitrogens with two attached hydrogens (primary N) is 1. The Kier molecular flexibility index (Phi) is 7.03. The molecule has 0 aliphatic carbocycles. The van der Waals surface area contributed by atoms with Crippen molar-refractivity contribution in [2.24, 2.45) is 10.7 Å². The van der Waals surface area contributed by atoms with E-state index in [-0.39, 0.29) is 0 Å². The molecule has 3 nitrogen and oxygen atoms in total. The number of halogens is 2. The van der Waals surface area contributed by atoms with Crippen LogP contribution >= 0.6 is 23.2 Å². The van der Waals surface area contributed by atoms with Crippen molar-refractivity contribution >= 4 is 29.2 Å². The van der Waals surface area contributed by atoms with Crippen LogP contribution in [0.5, 0.6) is 0 Å². The van der Waals surface area contributed by atoms with Crippen LogP contribution in [0.1, 0.15) is 25.8 Å². The molecule has 19 heavy (non-hydrogen) atoms. The Morgan fingerprint density at radius 2 is 1.95 bits per heavy atom. The molecule has 2 N–H and O–H groups in total. The molecule has 0 aliphatic rings. The Labute approximate surface area is 125 Å². The SMILES string of the molecule is CCN(CC)C(N)=NCCCc1ccc(Cl)cc1Cl. The molecule has 0 amide bonds. The van der Waals surface area contributed by atoms with E-state index in [1.165, 1.54) is 0 Å². The summed E-state index contributed by atoms with van der Waals surface area (Å²) >= 11 is 12.0. The van der Waals surface area contributed by atoms with E-state index in [2.05, 4.69) is 18.8 Å². The second-order valence-electron chi connectivity index (χ2n) is 4.25. The maximum atomic E-state index is 6.11. The van der Waals surface area contributed by atoms with Crippen LogP contribution in [0, 0.1) is 0 Å². The fourth-order valence-electron chi connectivity index (χ4n) is 1.84. The van der Waals surface area contributed by atoms with Crippen molar-refractivity contribution in [1.29, 1.82) is 0 Å². The van der Waals surface area contributed by atoms with Crippen LogP contribution in [-0.2, 0) is 6.42 Å². The minimum Gasteiger partial charge on any atom is -0.370 e. The van der Waals surface area contributed by atoms with E-state index in [4.69, 9.17) is 28.9 Å². The van der Waals surface area contributed by atoms with Crippen LogP contribution in [0.4, 0.5) is 0 Å². The Bertz CT molecular complexity index is 429. The summed E-state index contributed by atoms with van der Waals surface area (Å²) in [5, 5.41) is 1.38. The highest BCUT2D eigenvalue weighted by Crippen LogP contribution is 2.21. The van der Waals surface area contributed by atoms with Gasteiger partial charge in [-0.3, -0.25) is 4.99 Å². The molecule has 106 valence electrons. The number of nitrogens with zero attached hydrogens (tertiary/aromatic N) is 2. The minimum absolute atomic E-state index is 0.618. The normalized spacial score (nSPS) is 11.7. The van der Waals surface area contributed by atoms with E-state index in [0.29, 0.717) is 22.5 Å². The average Bonchev–Trinajstić information content (AvgIpc) is 2.38. The van der Waals surface area contributed by atoms with E-state index >= 15 is 0 Å². The van der Waals surface area contributed by atoms with Crippen molar-refractivity contribution in [3.63, 3.8) is 0 Å². The molecule has 0 atom stereocenters. The lowest BCUT2D eigenvalue weighted by Crippen LogP contribution is -2.37. The number of hydrogen-bond acceptors (Lipinski definition) is 1. The molecular formula is C14H21Cl2N3. The summed E-state index contributed by atoms with van der Waals surface area (Å²) in [5.41, 5.74) is 7.00. The summed E-state index contributed by atoms with van der Waals surface area (Å²) in [6, 6.07) is 5.59. The van der Waals surface area contributed by atoms with E-state index in [9.17, 15) is 0 Å². The summed E-state index contributed by atoms with van der Waals surface area (Å²) in [6.07, 6.45) is 1.80. The highest BCUT2D eigenvalue weighted by molar-refractivity contribution is 6.35. The molecule has 0 heterocycles. The van der Waals surface area contributed by atoms with Gasteiger partial charge in [-0.25, -0.2) is 0 Å². The smallest absolute Gasteiger partial charge is 0.191 e. The van der Waals surface area contributed by atoms with Crippen LogP contribution in [0.15, 0.2) is 23.2 Å². The van der Waals surface area contributed by atoms with Gasteiger partial charge in [0.2, 0.25) is 0 Å². The van der Waals surface area contributed by atoms with Crippen LogP contribution < -0.4 is 5.73 Å². The maximum Gasteiger partial charge on any atom is 0.191 e. The minimum atomic E-state index is 0.618. The molecule has 0 unspecified atom stereocenters. The molecular weight excluding hydrogens is 281 g/mol. The lowest BCUT2D eigenvalue weighted by molar-refractivity contribution is 0.458. The highest BCUT2D eigenvalue weighted by Gasteiger charge is 2.03.